The first kappa shape index (κ1) is 22.0. The Balaban J connectivity index is 1.55. The first-order valence-corrected chi connectivity index (χ1v) is 12.6. The molecule has 0 nitrogen and oxygen atoms in total. The molecule has 0 bridgehead atoms. The summed E-state index contributed by atoms with van der Waals surface area (Å²) in [4.78, 5) is 0. The summed E-state index contributed by atoms with van der Waals surface area (Å²) in [6.07, 6.45) is 6.00. The number of hydrogen-bond donors (Lipinski definition) is 0. The molecule has 0 amide bonds. The number of benzene rings is 3. The van der Waals surface area contributed by atoms with Crippen LogP contribution in [0.3, 0.4) is 0 Å². The molecule has 0 N–H and O–H groups in total. The Morgan fingerprint density at radius 2 is 1.27 bits per heavy atom. The van der Waals surface area contributed by atoms with Crippen molar-refractivity contribution in [2.24, 2.45) is 0 Å². The third kappa shape index (κ3) is 3.90. The lowest BCUT2D eigenvalue weighted by molar-refractivity contribution is 0.642. The molecule has 0 aliphatic heterocycles. The molecule has 2 aliphatic carbocycles. The summed E-state index contributed by atoms with van der Waals surface area (Å²) in [5, 5.41) is 0. The van der Waals surface area contributed by atoms with Crippen LogP contribution in [-0.4, -0.2) is 0 Å². The second-order valence-corrected chi connectivity index (χ2v) is 10.8. The van der Waals surface area contributed by atoms with Gasteiger partial charge in [-0.1, -0.05) is 112 Å². The van der Waals surface area contributed by atoms with Crippen molar-refractivity contribution in [2.45, 2.75) is 71.6 Å². The van der Waals surface area contributed by atoms with Gasteiger partial charge in [0.25, 0.3) is 0 Å². The van der Waals surface area contributed by atoms with Crippen LogP contribution in [0.25, 0.3) is 23.3 Å². The smallest absolute Gasteiger partial charge is 0.00637 e. The van der Waals surface area contributed by atoms with Crippen LogP contribution >= 0.6 is 0 Å². The van der Waals surface area contributed by atoms with Gasteiger partial charge in [0.05, 0.1) is 0 Å². The quantitative estimate of drug-likeness (QED) is 0.376. The molecule has 0 saturated heterocycles. The van der Waals surface area contributed by atoms with Gasteiger partial charge in [0.15, 0.2) is 0 Å². The minimum atomic E-state index is 0.484. The molecule has 5 rings (SSSR count). The van der Waals surface area contributed by atoms with Gasteiger partial charge in [0.1, 0.15) is 0 Å². The summed E-state index contributed by atoms with van der Waals surface area (Å²) in [5.74, 6) is 2.06. The summed E-state index contributed by atoms with van der Waals surface area (Å²) in [5.41, 5.74) is 14.5. The van der Waals surface area contributed by atoms with E-state index in [0.717, 1.165) is 6.42 Å². The van der Waals surface area contributed by atoms with Crippen LogP contribution in [0.4, 0.5) is 0 Å². The van der Waals surface area contributed by atoms with Crippen molar-refractivity contribution in [3.05, 3.63) is 105 Å². The molecule has 0 saturated carbocycles. The van der Waals surface area contributed by atoms with E-state index in [-0.39, 0.29) is 0 Å². The average molecular weight is 433 g/mol. The van der Waals surface area contributed by atoms with Gasteiger partial charge in [-0.15, -0.1) is 0 Å². The molecule has 0 spiro atoms. The van der Waals surface area contributed by atoms with Gasteiger partial charge in [-0.05, 0) is 76.6 Å². The highest BCUT2D eigenvalue weighted by atomic mass is 14.3. The van der Waals surface area contributed by atoms with Gasteiger partial charge in [0.2, 0.25) is 0 Å². The predicted octanol–water partition coefficient (Wildman–Crippen LogP) is 9.69. The monoisotopic (exact) mass is 432 g/mol. The van der Waals surface area contributed by atoms with E-state index in [1.54, 1.807) is 0 Å². The van der Waals surface area contributed by atoms with E-state index in [1.165, 1.54) is 55.7 Å². The summed E-state index contributed by atoms with van der Waals surface area (Å²) in [6, 6.07) is 23.1. The lowest BCUT2D eigenvalue weighted by atomic mass is 9.81. The van der Waals surface area contributed by atoms with E-state index in [1.807, 2.05) is 0 Å². The minimum absolute atomic E-state index is 0.484. The highest BCUT2D eigenvalue weighted by Gasteiger charge is 2.31. The van der Waals surface area contributed by atoms with Crippen LogP contribution in [0.1, 0.15) is 105 Å². The molecule has 33 heavy (non-hydrogen) atoms. The highest BCUT2D eigenvalue weighted by Crippen LogP contribution is 2.49. The maximum absolute atomic E-state index is 2.46. The van der Waals surface area contributed by atoms with E-state index in [0.29, 0.717) is 23.7 Å². The fourth-order valence-corrected chi connectivity index (χ4v) is 5.78. The van der Waals surface area contributed by atoms with Crippen LogP contribution in [0.2, 0.25) is 0 Å². The second kappa shape index (κ2) is 8.49. The topological polar surface area (TPSA) is 0 Å². The molecule has 3 aromatic carbocycles. The summed E-state index contributed by atoms with van der Waals surface area (Å²) >= 11 is 0. The Kier molecular flexibility index (Phi) is 5.65. The van der Waals surface area contributed by atoms with Gasteiger partial charge in [0, 0.05) is 11.8 Å². The van der Waals surface area contributed by atoms with Crippen molar-refractivity contribution in [2.75, 3.05) is 0 Å². The molecule has 2 unspecified atom stereocenters. The summed E-state index contributed by atoms with van der Waals surface area (Å²) < 4.78 is 0. The van der Waals surface area contributed by atoms with Gasteiger partial charge >= 0.3 is 0 Å². The normalized spacial score (nSPS) is 19.0. The van der Waals surface area contributed by atoms with Gasteiger partial charge in [-0.25, -0.2) is 0 Å². The Bertz CT molecular complexity index is 1240. The Labute approximate surface area is 200 Å². The molecule has 168 valence electrons. The fourth-order valence-electron chi connectivity index (χ4n) is 5.78. The highest BCUT2D eigenvalue weighted by molar-refractivity contribution is 5.82. The Hall–Kier alpha value is -2.86. The van der Waals surface area contributed by atoms with E-state index in [2.05, 4.69) is 114 Å². The van der Waals surface area contributed by atoms with Crippen molar-refractivity contribution < 1.29 is 0 Å². The fraction of sp³-hybridized carbons (Fsp3) is 0.333. The Morgan fingerprint density at radius 1 is 0.667 bits per heavy atom. The minimum Gasteiger partial charge on any atom is -0.0652 e. The lowest BCUT2D eigenvalue weighted by Crippen LogP contribution is -2.06. The number of fused-ring (bicyclic) bond motifs is 2. The second-order valence-electron chi connectivity index (χ2n) is 10.8. The first-order chi connectivity index (χ1) is 15.8. The zero-order chi connectivity index (χ0) is 23.3. The van der Waals surface area contributed by atoms with E-state index in [4.69, 9.17) is 0 Å². The maximum atomic E-state index is 2.46. The largest absolute Gasteiger partial charge is 0.0652 e. The molecule has 0 heteroatoms. The molecule has 2 atom stereocenters. The zero-order valence-corrected chi connectivity index (χ0v) is 20.9. The number of rotatable bonds is 5. The van der Waals surface area contributed by atoms with Gasteiger partial charge in [-0.3, -0.25) is 0 Å². The standard InChI is InChI=1S/C33H36/c1-20(2)25-16-26(21(3)4)18-27(17-25)29-12-9-13-30-32(23(6)15-33(29)30)19-31-22(5)14-24-10-7-8-11-28(24)31/h7-18,20-21,31-32H,19H2,1-6H3. The molecule has 0 aromatic heterocycles. The van der Waals surface area contributed by atoms with Crippen molar-refractivity contribution in [3.8, 4) is 11.1 Å². The molecule has 0 fully saturated rings. The molecule has 0 radical (unpaired) electrons. The van der Waals surface area contributed by atoms with Crippen LogP contribution in [0, 0.1) is 0 Å². The van der Waals surface area contributed by atoms with Crippen LogP contribution in [0.5, 0.6) is 0 Å². The number of allylic oxidation sites excluding steroid dienone is 2. The third-order valence-electron chi connectivity index (χ3n) is 7.83. The summed E-state index contributed by atoms with van der Waals surface area (Å²) in [6.45, 7) is 13.8. The SMILES string of the molecule is CC1=Cc2ccccc2C1CC1C(C)=Cc2c(-c3cc(C(C)C)cc(C(C)C)c3)cccc21. The lowest BCUT2D eigenvalue weighted by Gasteiger charge is -2.22. The van der Waals surface area contributed by atoms with E-state index < -0.39 is 0 Å². The predicted molar refractivity (Wildman–Crippen MR) is 144 cm³/mol. The zero-order valence-electron chi connectivity index (χ0n) is 20.9. The first-order valence-electron chi connectivity index (χ1n) is 12.6. The molecule has 3 aromatic rings. The van der Waals surface area contributed by atoms with E-state index in [9.17, 15) is 0 Å². The van der Waals surface area contributed by atoms with Crippen LogP contribution in [0.15, 0.2) is 71.8 Å². The maximum Gasteiger partial charge on any atom is 0.00637 e. The number of hydrogen-bond acceptors (Lipinski definition) is 0. The van der Waals surface area contributed by atoms with Crippen molar-refractivity contribution in [3.63, 3.8) is 0 Å². The molecular formula is C33H36. The molecule has 2 aliphatic rings. The van der Waals surface area contributed by atoms with Crippen LogP contribution in [-0.2, 0) is 0 Å². The van der Waals surface area contributed by atoms with Gasteiger partial charge in [-0.2, -0.15) is 0 Å². The van der Waals surface area contributed by atoms with Gasteiger partial charge < -0.3 is 0 Å². The molecular weight excluding hydrogens is 396 g/mol. The van der Waals surface area contributed by atoms with Crippen molar-refractivity contribution in [1.82, 2.24) is 0 Å². The molecule has 0 heterocycles. The van der Waals surface area contributed by atoms with Crippen LogP contribution < -0.4 is 0 Å². The third-order valence-corrected chi connectivity index (χ3v) is 7.83. The Morgan fingerprint density at radius 3 is 1.97 bits per heavy atom. The van der Waals surface area contributed by atoms with Crippen molar-refractivity contribution in [1.29, 1.82) is 0 Å². The average Bonchev–Trinajstić information content (AvgIpc) is 3.29. The summed E-state index contributed by atoms with van der Waals surface area (Å²) in [7, 11) is 0. The van der Waals surface area contributed by atoms with E-state index >= 15 is 0 Å². The van der Waals surface area contributed by atoms with Crippen molar-refractivity contribution >= 4 is 12.2 Å².